The number of nitrogens with one attached hydrogen (secondary N) is 2. The number of aromatic amines is 1. The molecule has 1 aliphatic heterocycles. The summed E-state index contributed by atoms with van der Waals surface area (Å²) in [4.78, 5) is 16.6. The minimum absolute atomic E-state index is 0.256. The lowest BCUT2D eigenvalue weighted by Gasteiger charge is -2.39. The number of allylic oxidation sites excluding steroid dienone is 1. The Morgan fingerprint density at radius 1 is 1.29 bits per heavy atom. The molecule has 1 fully saturated rings. The van der Waals surface area contributed by atoms with Gasteiger partial charge in [-0.05, 0) is 25.0 Å². The van der Waals surface area contributed by atoms with Gasteiger partial charge in [0.2, 0.25) is 0 Å². The van der Waals surface area contributed by atoms with Crippen LogP contribution in [-0.2, 0) is 0 Å². The maximum atomic E-state index is 13.5. The molecular formula is C17H19F4N7. The molecule has 7 nitrogen and oxygen atoms in total. The van der Waals surface area contributed by atoms with Crippen molar-refractivity contribution in [1.82, 2.24) is 19.9 Å². The fourth-order valence-electron chi connectivity index (χ4n) is 3.08. The van der Waals surface area contributed by atoms with Crippen molar-refractivity contribution in [3.63, 3.8) is 0 Å². The SMILES string of the molecule is N=C(/C=C\c1ncc(-c2cc(N3CCCC(N)C3C(F)F)ncn2)[nH]1)C(F)F. The highest BCUT2D eigenvalue weighted by Gasteiger charge is 2.36. The van der Waals surface area contributed by atoms with Gasteiger partial charge in [0.15, 0.2) is 0 Å². The molecule has 2 unspecified atom stereocenters. The second-order valence-electron chi connectivity index (χ2n) is 6.36. The smallest absolute Gasteiger partial charge is 0.279 e. The second kappa shape index (κ2) is 8.46. The van der Waals surface area contributed by atoms with Crippen molar-refractivity contribution in [2.45, 2.75) is 37.8 Å². The third-order valence-electron chi connectivity index (χ3n) is 4.47. The monoisotopic (exact) mass is 397 g/mol. The Kier molecular flexibility index (Phi) is 6.02. The van der Waals surface area contributed by atoms with Crippen LogP contribution in [0.5, 0.6) is 0 Å². The van der Waals surface area contributed by atoms with E-state index in [0.717, 1.165) is 6.08 Å². The molecule has 0 aromatic carbocycles. The average molecular weight is 397 g/mol. The molecule has 150 valence electrons. The normalized spacial score (nSPS) is 20.5. The van der Waals surface area contributed by atoms with Gasteiger partial charge in [-0.25, -0.2) is 32.5 Å². The number of rotatable bonds is 6. The number of nitrogens with two attached hydrogens (primary N) is 1. The number of anilines is 1. The predicted molar refractivity (Wildman–Crippen MR) is 96.7 cm³/mol. The van der Waals surface area contributed by atoms with Crippen molar-refractivity contribution >= 4 is 17.6 Å². The van der Waals surface area contributed by atoms with Gasteiger partial charge in [0.1, 0.15) is 24.0 Å². The average Bonchev–Trinajstić information content (AvgIpc) is 3.14. The summed E-state index contributed by atoms with van der Waals surface area (Å²) in [5.41, 5.74) is 5.92. The molecule has 4 N–H and O–H groups in total. The lowest BCUT2D eigenvalue weighted by molar-refractivity contribution is 0.0903. The standard InChI is InChI=1S/C17H19F4N7/c18-16(19)10(23)3-4-13-24-7-12(27-13)11-6-14(26-8-25-11)28-5-1-2-9(22)15(28)17(20)21/h3-4,6-9,15-17,23H,1-2,5,22H2,(H,24,27)/b4-3-,23-10?. The Balaban J connectivity index is 1.83. The van der Waals surface area contributed by atoms with Crippen molar-refractivity contribution in [2.24, 2.45) is 5.73 Å². The molecule has 0 aliphatic carbocycles. The van der Waals surface area contributed by atoms with Crippen LogP contribution < -0.4 is 10.6 Å². The van der Waals surface area contributed by atoms with E-state index < -0.39 is 30.6 Å². The number of halogens is 4. The van der Waals surface area contributed by atoms with Crippen LogP contribution in [-0.4, -0.2) is 57.1 Å². The summed E-state index contributed by atoms with van der Waals surface area (Å²) in [6.07, 6.45) is 0.612. The molecule has 3 rings (SSSR count). The molecular weight excluding hydrogens is 378 g/mol. The Hall–Kier alpha value is -2.82. The van der Waals surface area contributed by atoms with Crippen LogP contribution in [0.15, 0.2) is 24.7 Å². The summed E-state index contributed by atoms with van der Waals surface area (Å²) in [5, 5.41) is 7.10. The number of aromatic nitrogens is 4. The molecule has 28 heavy (non-hydrogen) atoms. The van der Waals surface area contributed by atoms with Crippen LogP contribution in [0.25, 0.3) is 17.5 Å². The zero-order chi connectivity index (χ0) is 20.3. The summed E-state index contributed by atoms with van der Waals surface area (Å²) in [6, 6.07) is -0.228. The van der Waals surface area contributed by atoms with Crippen LogP contribution in [0.1, 0.15) is 18.7 Å². The van der Waals surface area contributed by atoms with Crippen molar-refractivity contribution < 1.29 is 17.6 Å². The zero-order valence-electron chi connectivity index (χ0n) is 14.7. The van der Waals surface area contributed by atoms with E-state index in [1.165, 1.54) is 23.5 Å². The van der Waals surface area contributed by atoms with Crippen LogP contribution in [0.4, 0.5) is 23.4 Å². The van der Waals surface area contributed by atoms with Gasteiger partial charge >= 0.3 is 0 Å². The Morgan fingerprint density at radius 3 is 2.79 bits per heavy atom. The molecule has 2 aromatic heterocycles. The molecule has 0 radical (unpaired) electrons. The number of hydrogen-bond donors (Lipinski definition) is 3. The Morgan fingerprint density at radius 2 is 2.07 bits per heavy atom. The van der Waals surface area contributed by atoms with E-state index >= 15 is 0 Å². The van der Waals surface area contributed by atoms with Crippen LogP contribution >= 0.6 is 0 Å². The van der Waals surface area contributed by atoms with Gasteiger partial charge in [0.25, 0.3) is 12.9 Å². The Labute approximate surface area is 158 Å². The zero-order valence-corrected chi connectivity index (χ0v) is 14.7. The summed E-state index contributed by atoms with van der Waals surface area (Å²) < 4.78 is 51.7. The van der Waals surface area contributed by atoms with E-state index in [2.05, 4.69) is 19.9 Å². The second-order valence-corrected chi connectivity index (χ2v) is 6.36. The van der Waals surface area contributed by atoms with Crippen LogP contribution in [0.3, 0.4) is 0 Å². The summed E-state index contributed by atoms with van der Waals surface area (Å²) in [6.45, 7) is 0.409. The van der Waals surface area contributed by atoms with Crippen molar-refractivity contribution in [2.75, 3.05) is 11.4 Å². The number of piperidine rings is 1. The fourth-order valence-corrected chi connectivity index (χ4v) is 3.08. The maximum absolute atomic E-state index is 13.5. The van der Waals surface area contributed by atoms with Gasteiger partial charge in [0.05, 0.1) is 23.3 Å². The molecule has 11 heteroatoms. The lowest BCUT2D eigenvalue weighted by Crippen LogP contribution is -2.56. The number of hydrogen-bond acceptors (Lipinski definition) is 6. The van der Waals surface area contributed by atoms with E-state index in [9.17, 15) is 17.6 Å². The van der Waals surface area contributed by atoms with Gasteiger partial charge in [0, 0.05) is 18.7 Å². The third kappa shape index (κ3) is 4.35. The first kappa shape index (κ1) is 19.9. The molecule has 2 atom stereocenters. The fraction of sp³-hybridized carbons (Fsp3) is 0.412. The largest absolute Gasteiger partial charge is 0.346 e. The predicted octanol–water partition coefficient (Wildman–Crippen LogP) is 2.73. The number of imidazole rings is 1. The summed E-state index contributed by atoms with van der Waals surface area (Å²) >= 11 is 0. The van der Waals surface area contributed by atoms with Gasteiger partial charge in [-0.1, -0.05) is 0 Å². The first-order chi connectivity index (χ1) is 13.4. The van der Waals surface area contributed by atoms with Crippen LogP contribution in [0, 0.1) is 5.41 Å². The van der Waals surface area contributed by atoms with Gasteiger partial charge in [-0.2, -0.15) is 0 Å². The maximum Gasteiger partial charge on any atom is 0.279 e. The minimum atomic E-state index is -2.87. The number of nitrogens with zero attached hydrogens (tertiary/aromatic N) is 4. The topological polar surface area (TPSA) is 108 Å². The quantitative estimate of drug-likeness (QED) is 0.513. The third-order valence-corrected chi connectivity index (χ3v) is 4.47. The van der Waals surface area contributed by atoms with E-state index in [1.807, 2.05) is 0 Å². The van der Waals surface area contributed by atoms with E-state index in [4.69, 9.17) is 11.1 Å². The summed E-state index contributed by atoms with van der Waals surface area (Å²) in [7, 11) is 0. The molecule has 1 saturated heterocycles. The van der Waals surface area contributed by atoms with E-state index in [1.54, 1.807) is 6.07 Å². The first-order valence-corrected chi connectivity index (χ1v) is 8.59. The molecule has 1 aliphatic rings. The molecule has 3 heterocycles. The number of H-pyrrole nitrogens is 1. The van der Waals surface area contributed by atoms with Gasteiger partial charge < -0.3 is 15.6 Å². The van der Waals surface area contributed by atoms with E-state index in [0.29, 0.717) is 36.6 Å². The highest BCUT2D eigenvalue weighted by Crippen LogP contribution is 2.28. The first-order valence-electron chi connectivity index (χ1n) is 8.59. The molecule has 0 saturated carbocycles. The van der Waals surface area contributed by atoms with Gasteiger partial charge in [-0.3, -0.25) is 5.41 Å². The van der Waals surface area contributed by atoms with Crippen molar-refractivity contribution in [3.8, 4) is 11.4 Å². The highest BCUT2D eigenvalue weighted by atomic mass is 19.3. The molecule has 0 amide bonds. The highest BCUT2D eigenvalue weighted by molar-refractivity contribution is 5.97. The number of alkyl halides is 4. The Bertz CT molecular complexity index is 852. The molecule has 0 spiro atoms. The molecule has 0 bridgehead atoms. The van der Waals surface area contributed by atoms with Crippen molar-refractivity contribution in [3.05, 3.63) is 30.5 Å². The minimum Gasteiger partial charge on any atom is -0.346 e. The summed E-state index contributed by atoms with van der Waals surface area (Å²) in [5.74, 6) is 0.586. The lowest BCUT2D eigenvalue weighted by atomic mass is 9.97. The molecule has 2 aromatic rings. The van der Waals surface area contributed by atoms with Gasteiger partial charge in [-0.15, -0.1) is 0 Å². The van der Waals surface area contributed by atoms with Crippen LogP contribution in [0.2, 0.25) is 0 Å². The van der Waals surface area contributed by atoms with Crippen molar-refractivity contribution in [1.29, 1.82) is 5.41 Å². The van der Waals surface area contributed by atoms with E-state index in [-0.39, 0.29) is 5.82 Å².